The van der Waals surface area contributed by atoms with Crippen LogP contribution in [0.15, 0.2) is 59.2 Å². The SMILES string of the molecule is CC(C(=O)NCc1ccc(NC(=O)c2ccco2)cc1)N1C(=O)c2cc(Cl)c(Cl)cc2C1=O. The van der Waals surface area contributed by atoms with Crippen molar-refractivity contribution < 1.29 is 23.6 Å². The van der Waals surface area contributed by atoms with Gasteiger partial charge in [0.25, 0.3) is 17.7 Å². The average Bonchev–Trinajstić information content (AvgIpc) is 3.41. The first-order valence-corrected chi connectivity index (χ1v) is 10.6. The molecule has 0 aliphatic carbocycles. The van der Waals surface area contributed by atoms with Gasteiger partial charge in [-0.2, -0.15) is 0 Å². The van der Waals surface area contributed by atoms with E-state index in [0.29, 0.717) is 5.69 Å². The lowest BCUT2D eigenvalue weighted by molar-refractivity contribution is -0.124. The zero-order valence-electron chi connectivity index (χ0n) is 17.2. The van der Waals surface area contributed by atoms with Gasteiger partial charge in [-0.15, -0.1) is 0 Å². The summed E-state index contributed by atoms with van der Waals surface area (Å²) in [6, 6.07) is 11.6. The zero-order valence-corrected chi connectivity index (χ0v) is 18.7. The monoisotopic (exact) mass is 485 g/mol. The first-order valence-electron chi connectivity index (χ1n) is 9.84. The largest absolute Gasteiger partial charge is 0.459 e. The van der Waals surface area contributed by atoms with Gasteiger partial charge in [-0.05, 0) is 48.9 Å². The highest BCUT2D eigenvalue weighted by molar-refractivity contribution is 6.43. The smallest absolute Gasteiger partial charge is 0.291 e. The Morgan fingerprint density at radius 1 is 1.00 bits per heavy atom. The number of nitrogens with zero attached hydrogens (tertiary/aromatic N) is 1. The Kier molecular flexibility index (Phi) is 6.22. The molecular formula is C23H17Cl2N3O5. The molecule has 0 saturated carbocycles. The van der Waals surface area contributed by atoms with E-state index >= 15 is 0 Å². The molecule has 1 unspecified atom stereocenters. The van der Waals surface area contributed by atoms with E-state index < -0.39 is 23.8 Å². The van der Waals surface area contributed by atoms with Crippen LogP contribution in [0.2, 0.25) is 10.0 Å². The third-order valence-corrected chi connectivity index (χ3v) is 5.87. The lowest BCUT2D eigenvalue weighted by Gasteiger charge is -2.21. The molecule has 4 amide bonds. The normalized spacial score (nSPS) is 13.6. The van der Waals surface area contributed by atoms with Crippen LogP contribution in [0.5, 0.6) is 0 Å². The summed E-state index contributed by atoms with van der Waals surface area (Å²) in [4.78, 5) is 50.9. The van der Waals surface area contributed by atoms with E-state index in [1.54, 1.807) is 36.4 Å². The lowest BCUT2D eigenvalue weighted by Crippen LogP contribution is -2.47. The van der Waals surface area contributed by atoms with Crippen LogP contribution in [0, 0.1) is 0 Å². The summed E-state index contributed by atoms with van der Waals surface area (Å²) in [6.45, 7) is 1.63. The van der Waals surface area contributed by atoms with Crippen molar-refractivity contribution >= 4 is 52.5 Å². The van der Waals surface area contributed by atoms with E-state index in [1.807, 2.05) is 0 Å². The van der Waals surface area contributed by atoms with Gasteiger partial charge in [0.2, 0.25) is 5.91 Å². The number of carbonyl (C=O) groups is 4. The Bertz CT molecular complexity index is 1210. The van der Waals surface area contributed by atoms with Crippen molar-refractivity contribution in [1.82, 2.24) is 10.2 Å². The number of nitrogens with one attached hydrogen (secondary N) is 2. The van der Waals surface area contributed by atoms with Gasteiger partial charge >= 0.3 is 0 Å². The van der Waals surface area contributed by atoms with Crippen LogP contribution in [-0.4, -0.2) is 34.6 Å². The molecule has 33 heavy (non-hydrogen) atoms. The maximum Gasteiger partial charge on any atom is 0.291 e. The van der Waals surface area contributed by atoms with E-state index in [9.17, 15) is 19.2 Å². The number of benzene rings is 2. The molecule has 0 saturated heterocycles. The summed E-state index contributed by atoms with van der Waals surface area (Å²) in [7, 11) is 0. The van der Waals surface area contributed by atoms with Crippen LogP contribution in [0.1, 0.15) is 43.8 Å². The van der Waals surface area contributed by atoms with Crippen LogP contribution in [-0.2, 0) is 11.3 Å². The van der Waals surface area contributed by atoms with Crippen LogP contribution in [0.25, 0.3) is 0 Å². The highest BCUT2D eigenvalue weighted by Gasteiger charge is 2.41. The molecule has 2 aromatic carbocycles. The lowest BCUT2D eigenvalue weighted by atomic mass is 10.1. The van der Waals surface area contributed by atoms with Crippen molar-refractivity contribution in [2.24, 2.45) is 0 Å². The summed E-state index contributed by atoms with van der Waals surface area (Å²) in [5.74, 6) is -1.89. The third kappa shape index (κ3) is 4.48. The standard InChI is InChI=1S/C23H17Cl2N3O5/c1-12(28-22(31)15-9-17(24)18(25)10-16(15)23(28)32)20(29)26-11-13-4-6-14(7-5-13)27-21(30)19-3-2-8-33-19/h2-10,12H,11H2,1H3,(H,26,29)(H,27,30). The van der Waals surface area contributed by atoms with Gasteiger partial charge in [0, 0.05) is 12.2 Å². The summed E-state index contributed by atoms with van der Waals surface area (Å²) in [5, 5.41) is 5.71. The quantitative estimate of drug-likeness (QED) is 0.510. The molecule has 2 heterocycles. The molecule has 168 valence electrons. The highest BCUT2D eigenvalue weighted by Crippen LogP contribution is 2.32. The fraction of sp³-hybridized carbons (Fsp3) is 0.130. The predicted octanol–water partition coefficient (Wildman–Crippen LogP) is 4.14. The Balaban J connectivity index is 1.36. The van der Waals surface area contributed by atoms with Crippen molar-refractivity contribution in [1.29, 1.82) is 0 Å². The number of furan rings is 1. The molecule has 1 aromatic heterocycles. The van der Waals surface area contributed by atoms with Crippen molar-refractivity contribution in [2.75, 3.05) is 5.32 Å². The summed E-state index contributed by atoms with van der Waals surface area (Å²) in [6.07, 6.45) is 1.41. The zero-order chi connectivity index (χ0) is 23.7. The fourth-order valence-corrected chi connectivity index (χ4v) is 3.69. The number of fused-ring (bicyclic) bond motifs is 1. The second kappa shape index (κ2) is 9.09. The summed E-state index contributed by atoms with van der Waals surface area (Å²) in [5.41, 5.74) is 1.54. The van der Waals surface area contributed by atoms with Crippen LogP contribution in [0.4, 0.5) is 5.69 Å². The molecule has 0 spiro atoms. The number of hydrogen-bond donors (Lipinski definition) is 2. The van der Waals surface area contributed by atoms with Crippen molar-refractivity contribution in [3.8, 4) is 0 Å². The Hall–Kier alpha value is -3.62. The maximum absolute atomic E-state index is 12.7. The van der Waals surface area contributed by atoms with E-state index in [2.05, 4.69) is 10.6 Å². The second-order valence-electron chi connectivity index (χ2n) is 7.31. The van der Waals surface area contributed by atoms with Crippen molar-refractivity contribution in [3.63, 3.8) is 0 Å². The molecule has 8 nitrogen and oxygen atoms in total. The number of halogens is 2. The third-order valence-electron chi connectivity index (χ3n) is 5.15. The average molecular weight is 486 g/mol. The van der Waals surface area contributed by atoms with E-state index in [-0.39, 0.29) is 39.4 Å². The molecular weight excluding hydrogens is 469 g/mol. The van der Waals surface area contributed by atoms with Crippen molar-refractivity contribution in [3.05, 3.63) is 87.3 Å². The van der Waals surface area contributed by atoms with Gasteiger partial charge in [0.15, 0.2) is 5.76 Å². The summed E-state index contributed by atoms with van der Waals surface area (Å²) < 4.78 is 5.04. The first kappa shape index (κ1) is 22.6. The van der Waals surface area contributed by atoms with Gasteiger partial charge in [-0.25, -0.2) is 0 Å². The van der Waals surface area contributed by atoms with E-state index in [0.717, 1.165) is 10.5 Å². The molecule has 4 rings (SSSR count). The molecule has 0 radical (unpaired) electrons. The molecule has 1 aliphatic rings. The van der Waals surface area contributed by atoms with Crippen LogP contribution >= 0.6 is 23.2 Å². The van der Waals surface area contributed by atoms with Crippen LogP contribution < -0.4 is 10.6 Å². The minimum absolute atomic E-state index is 0.112. The topological polar surface area (TPSA) is 109 Å². The highest BCUT2D eigenvalue weighted by atomic mass is 35.5. The Morgan fingerprint density at radius 3 is 2.15 bits per heavy atom. The number of imide groups is 1. The van der Waals surface area contributed by atoms with E-state index in [4.69, 9.17) is 27.6 Å². The maximum atomic E-state index is 12.7. The van der Waals surface area contributed by atoms with Gasteiger partial charge < -0.3 is 15.1 Å². The molecule has 1 atom stereocenters. The molecule has 0 bridgehead atoms. The minimum atomic E-state index is -1.04. The molecule has 3 aromatic rings. The van der Waals surface area contributed by atoms with Gasteiger partial charge in [0.1, 0.15) is 6.04 Å². The second-order valence-corrected chi connectivity index (χ2v) is 8.13. The minimum Gasteiger partial charge on any atom is -0.459 e. The number of amides is 4. The first-order chi connectivity index (χ1) is 15.8. The molecule has 2 N–H and O–H groups in total. The van der Waals surface area contributed by atoms with Crippen LogP contribution in [0.3, 0.4) is 0 Å². The predicted molar refractivity (Wildman–Crippen MR) is 121 cm³/mol. The van der Waals surface area contributed by atoms with Gasteiger partial charge in [-0.3, -0.25) is 24.1 Å². The Morgan fingerprint density at radius 2 is 1.61 bits per heavy atom. The summed E-state index contributed by atoms with van der Waals surface area (Å²) >= 11 is 11.9. The fourth-order valence-electron chi connectivity index (χ4n) is 3.36. The number of carbonyl (C=O) groups excluding carboxylic acids is 4. The molecule has 1 aliphatic heterocycles. The molecule has 10 heteroatoms. The van der Waals surface area contributed by atoms with Gasteiger partial charge in [-0.1, -0.05) is 35.3 Å². The Labute approximate surface area is 198 Å². The number of hydrogen-bond acceptors (Lipinski definition) is 5. The number of rotatable bonds is 6. The number of anilines is 1. The van der Waals surface area contributed by atoms with E-state index in [1.165, 1.54) is 25.3 Å². The van der Waals surface area contributed by atoms with Gasteiger partial charge in [0.05, 0.1) is 27.4 Å². The molecule has 0 fully saturated rings. The van der Waals surface area contributed by atoms with Crippen molar-refractivity contribution in [2.45, 2.75) is 19.5 Å².